The molecule has 1 aliphatic heterocycles. The van der Waals surface area contributed by atoms with Crippen molar-refractivity contribution in [1.82, 2.24) is 4.98 Å². The molecule has 1 amide bonds. The summed E-state index contributed by atoms with van der Waals surface area (Å²) >= 11 is 0. The van der Waals surface area contributed by atoms with Crippen molar-refractivity contribution in [3.63, 3.8) is 0 Å². The van der Waals surface area contributed by atoms with Crippen molar-refractivity contribution < 1.29 is 22.7 Å². The Morgan fingerprint density at radius 3 is 2.47 bits per heavy atom. The van der Waals surface area contributed by atoms with E-state index in [0.717, 1.165) is 25.2 Å². The number of methoxy groups -OCH3 is 1. The highest BCUT2D eigenvalue weighted by molar-refractivity contribution is 7.92. The van der Waals surface area contributed by atoms with E-state index in [1.54, 1.807) is 24.3 Å². The number of nitrogens with zero attached hydrogens (tertiary/aromatic N) is 2. The monoisotopic (exact) mass is 434 g/mol. The SMILES string of the molecule is COc1ccc(NS(C)(=O)=O)cc1NC(=O)c1ccc(N2CC(C)OC(C)C2)nc1. The smallest absolute Gasteiger partial charge is 0.257 e. The fourth-order valence-corrected chi connectivity index (χ4v) is 3.91. The number of rotatable bonds is 6. The first-order valence-corrected chi connectivity index (χ1v) is 11.4. The summed E-state index contributed by atoms with van der Waals surface area (Å²) in [5, 5.41) is 2.74. The van der Waals surface area contributed by atoms with Crippen LogP contribution in [0.15, 0.2) is 36.5 Å². The molecule has 2 aromatic rings. The van der Waals surface area contributed by atoms with Gasteiger partial charge in [-0.05, 0) is 44.2 Å². The molecule has 1 fully saturated rings. The van der Waals surface area contributed by atoms with Gasteiger partial charge in [0, 0.05) is 19.3 Å². The average Bonchev–Trinajstić information content (AvgIpc) is 2.66. The summed E-state index contributed by atoms with van der Waals surface area (Å²) in [5.74, 6) is 0.807. The van der Waals surface area contributed by atoms with E-state index in [2.05, 4.69) is 19.9 Å². The lowest BCUT2D eigenvalue weighted by Crippen LogP contribution is -2.45. The van der Waals surface area contributed by atoms with Gasteiger partial charge in [-0.1, -0.05) is 0 Å². The molecule has 0 saturated carbocycles. The number of hydrogen-bond acceptors (Lipinski definition) is 7. The van der Waals surface area contributed by atoms with Crippen LogP contribution in [-0.4, -0.2) is 58.0 Å². The normalized spacial score (nSPS) is 19.3. The molecular formula is C20H26N4O5S. The topological polar surface area (TPSA) is 110 Å². The Kier molecular flexibility index (Phi) is 6.47. The Morgan fingerprint density at radius 2 is 1.90 bits per heavy atom. The summed E-state index contributed by atoms with van der Waals surface area (Å²) in [5.41, 5.74) is 1.03. The summed E-state index contributed by atoms with van der Waals surface area (Å²) in [6.07, 6.45) is 2.79. The fourth-order valence-electron chi connectivity index (χ4n) is 3.35. The van der Waals surface area contributed by atoms with E-state index in [1.165, 1.54) is 19.4 Å². The number of anilines is 3. The van der Waals surface area contributed by atoms with Gasteiger partial charge < -0.3 is 19.7 Å². The quantitative estimate of drug-likeness (QED) is 0.718. The molecule has 162 valence electrons. The Labute approximate surface area is 176 Å². The van der Waals surface area contributed by atoms with Crippen LogP contribution in [0.1, 0.15) is 24.2 Å². The van der Waals surface area contributed by atoms with Gasteiger partial charge in [0.1, 0.15) is 11.6 Å². The molecule has 1 saturated heterocycles. The maximum absolute atomic E-state index is 12.7. The summed E-state index contributed by atoms with van der Waals surface area (Å²) in [6, 6.07) is 8.13. The molecule has 1 aromatic carbocycles. The number of amides is 1. The van der Waals surface area contributed by atoms with Crippen molar-refractivity contribution in [2.24, 2.45) is 0 Å². The lowest BCUT2D eigenvalue weighted by molar-refractivity contribution is -0.00546. The molecule has 10 heteroatoms. The number of pyridine rings is 1. The molecule has 2 N–H and O–H groups in total. The Morgan fingerprint density at radius 1 is 1.20 bits per heavy atom. The predicted octanol–water partition coefficient (Wildman–Crippen LogP) is 2.33. The zero-order chi connectivity index (χ0) is 21.9. The first kappa shape index (κ1) is 21.8. The van der Waals surface area contributed by atoms with Crippen LogP contribution in [0.25, 0.3) is 0 Å². The zero-order valence-corrected chi connectivity index (χ0v) is 18.2. The van der Waals surface area contributed by atoms with Crippen LogP contribution in [-0.2, 0) is 14.8 Å². The third-order valence-corrected chi connectivity index (χ3v) is 5.11. The summed E-state index contributed by atoms with van der Waals surface area (Å²) < 4.78 is 36.3. The van der Waals surface area contributed by atoms with Crippen LogP contribution in [0, 0.1) is 0 Å². The average molecular weight is 435 g/mol. The van der Waals surface area contributed by atoms with Gasteiger partial charge >= 0.3 is 0 Å². The minimum absolute atomic E-state index is 0.110. The number of carbonyl (C=O) groups is 1. The molecule has 9 nitrogen and oxygen atoms in total. The molecule has 0 aliphatic carbocycles. The second-order valence-electron chi connectivity index (χ2n) is 7.31. The highest BCUT2D eigenvalue weighted by Crippen LogP contribution is 2.29. The van der Waals surface area contributed by atoms with E-state index < -0.39 is 10.0 Å². The summed E-state index contributed by atoms with van der Waals surface area (Å²) in [4.78, 5) is 19.2. The fraction of sp³-hybridized carbons (Fsp3) is 0.400. The molecule has 0 bridgehead atoms. The summed E-state index contributed by atoms with van der Waals surface area (Å²) in [6.45, 7) is 5.51. The Hall–Kier alpha value is -2.85. The van der Waals surface area contributed by atoms with Crippen LogP contribution >= 0.6 is 0 Å². The predicted molar refractivity (Wildman–Crippen MR) is 116 cm³/mol. The molecule has 1 aromatic heterocycles. The van der Waals surface area contributed by atoms with Crippen LogP contribution in [0.2, 0.25) is 0 Å². The maximum atomic E-state index is 12.7. The maximum Gasteiger partial charge on any atom is 0.257 e. The number of ether oxygens (including phenoxy) is 2. The second-order valence-corrected chi connectivity index (χ2v) is 9.06. The first-order chi connectivity index (χ1) is 14.1. The minimum atomic E-state index is -3.44. The highest BCUT2D eigenvalue weighted by Gasteiger charge is 2.23. The van der Waals surface area contributed by atoms with Gasteiger partial charge in [-0.2, -0.15) is 0 Å². The Bertz CT molecular complexity index is 1000. The van der Waals surface area contributed by atoms with E-state index in [-0.39, 0.29) is 18.1 Å². The van der Waals surface area contributed by atoms with Crippen molar-refractivity contribution in [1.29, 1.82) is 0 Å². The third-order valence-electron chi connectivity index (χ3n) is 4.50. The van der Waals surface area contributed by atoms with E-state index >= 15 is 0 Å². The van der Waals surface area contributed by atoms with Gasteiger partial charge in [0.05, 0.1) is 42.5 Å². The largest absolute Gasteiger partial charge is 0.495 e. The van der Waals surface area contributed by atoms with Crippen molar-refractivity contribution >= 4 is 33.1 Å². The number of benzene rings is 1. The number of hydrogen-bond donors (Lipinski definition) is 2. The van der Waals surface area contributed by atoms with Crippen LogP contribution < -0.4 is 19.7 Å². The molecule has 1 aliphatic rings. The zero-order valence-electron chi connectivity index (χ0n) is 17.4. The van der Waals surface area contributed by atoms with Crippen molar-refractivity contribution in [2.75, 3.05) is 41.4 Å². The lowest BCUT2D eigenvalue weighted by atomic mass is 10.2. The number of nitrogens with one attached hydrogen (secondary N) is 2. The van der Waals surface area contributed by atoms with Gasteiger partial charge in [-0.15, -0.1) is 0 Å². The van der Waals surface area contributed by atoms with Gasteiger partial charge in [0.25, 0.3) is 5.91 Å². The van der Waals surface area contributed by atoms with Gasteiger partial charge in [-0.25, -0.2) is 13.4 Å². The third kappa shape index (κ3) is 5.61. The van der Waals surface area contributed by atoms with Crippen molar-refractivity contribution in [3.8, 4) is 5.75 Å². The number of sulfonamides is 1. The van der Waals surface area contributed by atoms with Crippen LogP contribution in [0.5, 0.6) is 5.75 Å². The highest BCUT2D eigenvalue weighted by atomic mass is 32.2. The molecule has 0 spiro atoms. The molecule has 2 unspecified atom stereocenters. The molecule has 0 radical (unpaired) electrons. The molecule has 2 atom stereocenters. The minimum Gasteiger partial charge on any atom is -0.495 e. The number of aromatic nitrogens is 1. The van der Waals surface area contributed by atoms with Crippen molar-refractivity contribution in [2.45, 2.75) is 26.1 Å². The van der Waals surface area contributed by atoms with Crippen LogP contribution in [0.3, 0.4) is 0 Å². The van der Waals surface area contributed by atoms with Gasteiger partial charge in [0.15, 0.2) is 0 Å². The van der Waals surface area contributed by atoms with E-state index in [0.29, 0.717) is 22.7 Å². The first-order valence-electron chi connectivity index (χ1n) is 9.48. The van der Waals surface area contributed by atoms with Gasteiger partial charge in [-0.3, -0.25) is 9.52 Å². The Balaban J connectivity index is 1.75. The van der Waals surface area contributed by atoms with Gasteiger partial charge in [0.2, 0.25) is 10.0 Å². The second kappa shape index (κ2) is 8.88. The molecule has 2 heterocycles. The molecule has 3 rings (SSSR count). The van der Waals surface area contributed by atoms with E-state index in [9.17, 15) is 13.2 Å². The molecular weight excluding hydrogens is 408 g/mol. The molecule has 30 heavy (non-hydrogen) atoms. The lowest BCUT2D eigenvalue weighted by Gasteiger charge is -2.36. The van der Waals surface area contributed by atoms with E-state index in [1.807, 2.05) is 13.8 Å². The number of morpholine rings is 1. The van der Waals surface area contributed by atoms with Crippen molar-refractivity contribution in [3.05, 3.63) is 42.1 Å². The summed E-state index contributed by atoms with van der Waals surface area (Å²) in [7, 11) is -1.98. The van der Waals surface area contributed by atoms with E-state index in [4.69, 9.17) is 9.47 Å². The standard InChI is InChI=1S/C20H26N4O5S/c1-13-11-24(12-14(2)29-13)19-8-5-15(10-21-19)20(25)22-17-9-16(23-30(4,26)27)6-7-18(17)28-3/h5-10,13-14,23H,11-12H2,1-4H3,(H,22,25). The van der Waals surface area contributed by atoms with Crippen LogP contribution in [0.4, 0.5) is 17.2 Å². The number of carbonyl (C=O) groups excluding carboxylic acids is 1.